The molecule has 0 unspecified atom stereocenters. The number of hydrogen-bond donors (Lipinski definition) is 0. The van der Waals surface area contributed by atoms with Crippen molar-refractivity contribution in [3.8, 4) is 11.5 Å². The van der Waals surface area contributed by atoms with Gasteiger partial charge in [0.1, 0.15) is 17.1 Å². The number of hydrogen-bond acceptors (Lipinski definition) is 5. The number of carbonyl (C=O) groups excluding carboxylic acids is 1. The molecule has 6 heteroatoms. The summed E-state index contributed by atoms with van der Waals surface area (Å²) in [6.45, 7) is 1.58. The number of benzene rings is 2. The summed E-state index contributed by atoms with van der Waals surface area (Å²) in [5, 5.41) is 0.791. The molecule has 1 aromatic heterocycles. The summed E-state index contributed by atoms with van der Waals surface area (Å²) >= 11 is 3.33. The number of carbonyl (C=O) groups is 1. The Bertz CT molecular complexity index is 961. The van der Waals surface area contributed by atoms with E-state index in [9.17, 15) is 9.59 Å². The molecule has 122 valence electrons. The highest BCUT2D eigenvalue weighted by atomic mass is 79.9. The number of para-hydroxylation sites is 1. The van der Waals surface area contributed by atoms with Crippen LogP contribution in [0.15, 0.2) is 62.2 Å². The molecule has 1 heterocycles. The molecule has 24 heavy (non-hydrogen) atoms. The Hall–Kier alpha value is -2.60. The van der Waals surface area contributed by atoms with Gasteiger partial charge in [-0.25, -0.2) is 9.59 Å². The lowest BCUT2D eigenvalue weighted by Crippen LogP contribution is -2.17. The van der Waals surface area contributed by atoms with E-state index in [0.717, 1.165) is 15.4 Å². The Morgan fingerprint density at radius 1 is 1.17 bits per heavy atom. The number of fused-ring (bicyclic) bond motifs is 1. The third-order valence-corrected chi connectivity index (χ3v) is 3.99. The molecule has 0 saturated carbocycles. The van der Waals surface area contributed by atoms with Gasteiger partial charge in [-0.2, -0.15) is 0 Å². The molecule has 0 aliphatic carbocycles. The van der Waals surface area contributed by atoms with Crippen LogP contribution in [0.4, 0.5) is 0 Å². The molecular formula is C18H13BrO5. The molecule has 3 aromatic rings. The number of esters is 1. The molecule has 0 saturated heterocycles. The van der Waals surface area contributed by atoms with E-state index in [4.69, 9.17) is 13.9 Å². The Labute approximate surface area is 145 Å². The van der Waals surface area contributed by atoms with Gasteiger partial charge in [0.15, 0.2) is 6.61 Å². The van der Waals surface area contributed by atoms with Gasteiger partial charge in [-0.15, -0.1) is 0 Å². The van der Waals surface area contributed by atoms with E-state index in [1.165, 1.54) is 12.1 Å². The van der Waals surface area contributed by atoms with Gasteiger partial charge in [0, 0.05) is 17.5 Å². The first-order valence-corrected chi connectivity index (χ1v) is 7.95. The molecule has 2 aromatic carbocycles. The topological polar surface area (TPSA) is 65.7 Å². The first kappa shape index (κ1) is 16.3. The van der Waals surface area contributed by atoms with E-state index in [-0.39, 0.29) is 12.4 Å². The van der Waals surface area contributed by atoms with Crippen molar-refractivity contribution in [2.45, 2.75) is 6.92 Å². The van der Waals surface area contributed by atoms with Gasteiger partial charge >= 0.3 is 11.6 Å². The maximum absolute atomic E-state index is 11.9. The summed E-state index contributed by atoms with van der Waals surface area (Å²) in [6.07, 6.45) is 0. The van der Waals surface area contributed by atoms with Crippen LogP contribution in [-0.4, -0.2) is 12.6 Å². The smallest absolute Gasteiger partial charge is 0.349 e. The fourth-order valence-corrected chi connectivity index (χ4v) is 2.63. The zero-order valence-electron chi connectivity index (χ0n) is 12.7. The number of ether oxygens (including phenoxy) is 2. The second-order valence-corrected chi connectivity index (χ2v) is 5.95. The van der Waals surface area contributed by atoms with Crippen LogP contribution in [0.25, 0.3) is 11.0 Å². The molecule has 3 rings (SSSR count). The van der Waals surface area contributed by atoms with Crippen LogP contribution >= 0.6 is 15.9 Å². The SMILES string of the molecule is Cc1cc(=O)oc2cc(OC(=O)COc3ccccc3Br)ccc12. The quantitative estimate of drug-likeness (QED) is 0.385. The zero-order valence-corrected chi connectivity index (χ0v) is 14.3. The summed E-state index contributed by atoms with van der Waals surface area (Å²) in [7, 11) is 0. The molecule has 0 radical (unpaired) electrons. The van der Waals surface area contributed by atoms with Crippen molar-refractivity contribution < 1.29 is 18.7 Å². The van der Waals surface area contributed by atoms with Crippen molar-refractivity contribution >= 4 is 32.9 Å². The fraction of sp³-hybridized carbons (Fsp3) is 0.111. The summed E-state index contributed by atoms with van der Waals surface area (Å²) in [5.74, 6) is 0.284. The Balaban J connectivity index is 1.71. The van der Waals surface area contributed by atoms with Crippen LogP contribution < -0.4 is 15.1 Å². The van der Waals surface area contributed by atoms with Gasteiger partial charge in [-0.3, -0.25) is 0 Å². The molecule has 0 aliphatic rings. The van der Waals surface area contributed by atoms with Crippen LogP contribution in [0.5, 0.6) is 11.5 Å². The molecule has 0 aliphatic heterocycles. The van der Waals surface area contributed by atoms with Crippen LogP contribution in [-0.2, 0) is 4.79 Å². The average molecular weight is 389 g/mol. The first-order valence-electron chi connectivity index (χ1n) is 7.15. The van der Waals surface area contributed by atoms with Crippen molar-refractivity contribution in [2.24, 2.45) is 0 Å². The van der Waals surface area contributed by atoms with Crippen molar-refractivity contribution in [1.82, 2.24) is 0 Å². The monoisotopic (exact) mass is 388 g/mol. The van der Waals surface area contributed by atoms with E-state index in [2.05, 4.69) is 15.9 Å². The summed E-state index contributed by atoms with van der Waals surface area (Å²) < 4.78 is 16.5. The van der Waals surface area contributed by atoms with Crippen LogP contribution in [0.1, 0.15) is 5.56 Å². The summed E-state index contributed by atoms with van der Waals surface area (Å²) in [6, 6.07) is 13.5. The van der Waals surface area contributed by atoms with E-state index in [1.54, 1.807) is 24.3 Å². The van der Waals surface area contributed by atoms with E-state index in [0.29, 0.717) is 11.3 Å². The first-order chi connectivity index (χ1) is 11.5. The summed E-state index contributed by atoms with van der Waals surface area (Å²) in [4.78, 5) is 23.3. The molecular weight excluding hydrogens is 376 g/mol. The third-order valence-electron chi connectivity index (χ3n) is 3.34. The van der Waals surface area contributed by atoms with Gasteiger partial charge in [0.25, 0.3) is 0 Å². The lowest BCUT2D eigenvalue weighted by Gasteiger charge is -2.08. The largest absolute Gasteiger partial charge is 0.481 e. The Morgan fingerprint density at radius 3 is 2.75 bits per heavy atom. The van der Waals surface area contributed by atoms with E-state index < -0.39 is 11.6 Å². The highest BCUT2D eigenvalue weighted by molar-refractivity contribution is 9.10. The minimum atomic E-state index is -0.555. The minimum absolute atomic E-state index is 0.238. The fourth-order valence-electron chi connectivity index (χ4n) is 2.23. The van der Waals surface area contributed by atoms with Gasteiger partial charge in [0.05, 0.1) is 4.47 Å². The lowest BCUT2D eigenvalue weighted by molar-refractivity contribution is -0.136. The predicted molar refractivity (Wildman–Crippen MR) is 92.5 cm³/mol. The maximum Gasteiger partial charge on any atom is 0.349 e. The van der Waals surface area contributed by atoms with Crippen molar-refractivity contribution in [1.29, 1.82) is 0 Å². The Kier molecular flexibility index (Phi) is 4.66. The summed E-state index contributed by atoms with van der Waals surface area (Å²) in [5.41, 5.74) is 0.731. The normalized spacial score (nSPS) is 10.6. The van der Waals surface area contributed by atoms with Crippen LogP contribution in [0, 0.1) is 6.92 Å². The number of halogens is 1. The van der Waals surface area contributed by atoms with Crippen LogP contribution in [0.3, 0.4) is 0 Å². The Morgan fingerprint density at radius 2 is 1.96 bits per heavy atom. The van der Waals surface area contributed by atoms with Gasteiger partial charge in [0.2, 0.25) is 0 Å². The van der Waals surface area contributed by atoms with Crippen LogP contribution in [0.2, 0.25) is 0 Å². The number of rotatable bonds is 4. The minimum Gasteiger partial charge on any atom is -0.481 e. The zero-order chi connectivity index (χ0) is 17.1. The van der Waals surface area contributed by atoms with Gasteiger partial charge in [-0.1, -0.05) is 12.1 Å². The molecule has 5 nitrogen and oxygen atoms in total. The van der Waals surface area contributed by atoms with E-state index >= 15 is 0 Å². The van der Waals surface area contributed by atoms with E-state index in [1.807, 2.05) is 19.1 Å². The second kappa shape index (κ2) is 6.88. The molecule has 0 bridgehead atoms. The number of aryl methyl sites for hydroxylation is 1. The molecule has 0 fully saturated rings. The molecule has 0 amide bonds. The average Bonchev–Trinajstić information content (AvgIpc) is 2.53. The molecule has 0 spiro atoms. The van der Waals surface area contributed by atoms with Gasteiger partial charge in [-0.05, 0) is 52.7 Å². The highest BCUT2D eigenvalue weighted by Gasteiger charge is 2.10. The molecule has 0 N–H and O–H groups in total. The van der Waals surface area contributed by atoms with Crippen molar-refractivity contribution in [3.63, 3.8) is 0 Å². The van der Waals surface area contributed by atoms with Gasteiger partial charge < -0.3 is 13.9 Å². The highest BCUT2D eigenvalue weighted by Crippen LogP contribution is 2.24. The van der Waals surface area contributed by atoms with Crippen molar-refractivity contribution in [2.75, 3.05) is 6.61 Å². The second-order valence-electron chi connectivity index (χ2n) is 5.10. The third kappa shape index (κ3) is 3.65. The predicted octanol–water partition coefficient (Wildman–Crippen LogP) is 3.85. The van der Waals surface area contributed by atoms with Crippen molar-refractivity contribution in [3.05, 3.63) is 69.0 Å². The molecule has 0 atom stereocenters. The maximum atomic E-state index is 11.9. The lowest BCUT2D eigenvalue weighted by atomic mass is 10.1. The standard InChI is InChI=1S/C18H13BrO5/c1-11-8-17(20)24-16-9-12(6-7-13(11)16)23-18(21)10-22-15-5-3-2-4-14(15)19/h2-9H,10H2,1H3.